The Labute approximate surface area is 104 Å². The van der Waals surface area contributed by atoms with Crippen LogP contribution in [-0.2, 0) is 11.8 Å². The highest BCUT2D eigenvalue weighted by Gasteiger charge is 2.25. The first-order valence-corrected chi connectivity index (χ1v) is 5.75. The lowest BCUT2D eigenvalue weighted by molar-refractivity contribution is -0.135. The van der Waals surface area contributed by atoms with Crippen molar-refractivity contribution < 1.29 is 22.7 Å². The highest BCUT2D eigenvalue weighted by atomic mass is 19.4. The van der Waals surface area contributed by atoms with E-state index in [9.17, 15) is 18.0 Å². The van der Waals surface area contributed by atoms with Gasteiger partial charge in [-0.2, -0.15) is 13.2 Å². The van der Waals surface area contributed by atoms with Crippen LogP contribution in [0.5, 0.6) is 0 Å². The summed E-state index contributed by atoms with van der Waals surface area (Å²) in [7, 11) is 1.72. The molecule has 0 N–H and O–H groups in total. The van der Waals surface area contributed by atoms with Crippen molar-refractivity contribution in [2.75, 3.05) is 6.61 Å². The van der Waals surface area contributed by atoms with Gasteiger partial charge in [-0.25, -0.2) is 4.79 Å². The van der Waals surface area contributed by atoms with Crippen molar-refractivity contribution in [3.8, 4) is 0 Å². The maximum absolute atomic E-state index is 11.8. The number of aromatic nitrogens is 1. The molecule has 0 saturated carbocycles. The normalized spacial score (nSPS) is 11.6. The average molecular weight is 263 g/mol. The Morgan fingerprint density at radius 2 is 2.06 bits per heavy atom. The topological polar surface area (TPSA) is 31.2 Å². The van der Waals surface area contributed by atoms with Crippen molar-refractivity contribution in [1.29, 1.82) is 0 Å². The first kappa shape index (κ1) is 14.6. The van der Waals surface area contributed by atoms with Gasteiger partial charge in [-0.15, -0.1) is 0 Å². The fourth-order valence-electron chi connectivity index (χ4n) is 1.52. The summed E-state index contributed by atoms with van der Waals surface area (Å²) in [6.45, 7) is 0.155. The van der Waals surface area contributed by atoms with Gasteiger partial charge in [0.05, 0.1) is 6.61 Å². The molecule has 1 heterocycles. The van der Waals surface area contributed by atoms with Crippen molar-refractivity contribution in [3.63, 3.8) is 0 Å². The van der Waals surface area contributed by atoms with Crippen LogP contribution in [0, 0.1) is 0 Å². The van der Waals surface area contributed by atoms with Gasteiger partial charge in [-0.05, 0) is 31.4 Å². The Hall–Kier alpha value is -1.46. The summed E-state index contributed by atoms with van der Waals surface area (Å²) in [5.74, 6) is -0.446. The van der Waals surface area contributed by atoms with Crippen molar-refractivity contribution in [2.24, 2.45) is 7.05 Å². The Morgan fingerprint density at radius 1 is 1.33 bits per heavy atom. The van der Waals surface area contributed by atoms with Crippen LogP contribution >= 0.6 is 0 Å². The van der Waals surface area contributed by atoms with E-state index >= 15 is 0 Å². The Morgan fingerprint density at radius 3 is 2.61 bits per heavy atom. The van der Waals surface area contributed by atoms with Gasteiger partial charge in [-0.1, -0.05) is 0 Å². The minimum absolute atomic E-state index is 0.0746. The van der Waals surface area contributed by atoms with Crippen LogP contribution in [0.2, 0.25) is 0 Å². The molecule has 6 heteroatoms. The molecule has 0 aliphatic rings. The second kappa shape index (κ2) is 6.47. The van der Waals surface area contributed by atoms with Crippen LogP contribution in [0.15, 0.2) is 18.3 Å². The number of alkyl halides is 3. The van der Waals surface area contributed by atoms with Crippen LogP contribution in [0.1, 0.15) is 36.2 Å². The molecule has 0 fully saturated rings. The molecular formula is C12H16F3NO2. The summed E-state index contributed by atoms with van der Waals surface area (Å²) in [5, 5.41) is 0. The zero-order chi connectivity index (χ0) is 13.6. The third-order valence-electron chi connectivity index (χ3n) is 2.49. The number of aryl methyl sites for hydroxylation is 1. The number of rotatable bonds is 6. The summed E-state index contributed by atoms with van der Waals surface area (Å²) in [6.07, 6.45) is -2.23. The number of carbonyl (C=O) groups is 1. The summed E-state index contributed by atoms with van der Waals surface area (Å²) in [4.78, 5) is 11.5. The lowest BCUT2D eigenvalue weighted by atomic mass is 10.2. The molecule has 102 valence electrons. The number of nitrogens with zero attached hydrogens (tertiary/aromatic N) is 1. The predicted molar refractivity (Wildman–Crippen MR) is 60.2 cm³/mol. The fraction of sp³-hybridized carbons (Fsp3) is 0.583. The van der Waals surface area contributed by atoms with Crippen LogP contribution in [-0.4, -0.2) is 23.3 Å². The van der Waals surface area contributed by atoms with Gasteiger partial charge in [0.2, 0.25) is 0 Å². The second-order valence-electron chi connectivity index (χ2n) is 4.07. The molecule has 1 aromatic rings. The highest BCUT2D eigenvalue weighted by Crippen LogP contribution is 2.22. The minimum Gasteiger partial charge on any atom is -0.461 e. The molecule has 0 radical (unpaired) electrons. The maximum Gasteiger partial charge on any atom is 0.389 e. The maximum atomic E-state index is 11.8. The smallest absolute Gasteiger partial charge is 0.389 e. The van der Waals surface area contributed by atoms with Crippen LogP contribution < -0.4 is 0 Å². The van der Waals surface area contributed by atoms with Crippen LogP contribution in [0.4, 0.5) is 13.2 Å². The molecule has 0 spiro atoms. The SMILES string of the molecule is Cn1cccc1C(=O)OCCCCCC(F)(F)F. The molecule has 0 amide bonds. The first-order valence-electron chi connectivity index (χ1n) is 5.75. The second-order valence-corrected chi connectivity index (χ2v) is 4.07. The number of hydrogen-bond acceptors (Lipinski definition) is 2. The number of ether oxygens (including phenoxy) is 1. The summed E-state index contributed by atoms with van der Waals surface area (Å²) in [5.41, 5.74) is 0.435. The fourth-order valence-corrected chi connectivity index (χ4v) is 1.52. The lowest BCUT2D eigenvalue weighted by Crippen LogP contribution is -2.11. The molecule has 0 aromatic carbocycles. The van der Waals surface area contributed by atoms with Crippen molar-refractivity contribution in [1.82, 2.24) is 4.57 Å². The number of unbranched alkanes of at least 4 members (excludes halogenated alkanes) is 2. The molecule has 0 saturated heterocycles. The van der Waals surface area contributed by atoms with E-state index in [1.165, 1.54) is 0 Å². The number of carbonyl (C=O) groups excluding carboxylic acids is 1. The molecule has 18 heavy (non-hydrogen) atoms. The van der Waals surface area contributed by atoms with Gasteiger partial charge in [0.1, 0.15) is 5.69 Å². The summed E-state index contributed by atoms with van der Waals surface area (Å²) in [6, 6.07) is 3.35. The zero-order valence-corrected chi connectivity index (χ0v) is 10.2. The number of halogens is 3. The van der Waals surface area contributed by atoms with Gasteiger partial charge in [-0.3, -0.25) is 0 Å². The lowest BCUT2D eigenvalue weighted by Gasteiger charge is -2.07. The molecular weight excluding hydrogens is 247 g/mol. The molecule has 0 aliphatic heterocycles. The van der Waals surface area contributed by atoms with Crippen LogP contribution in [0.25, 0.3) is 0 Å². The molecule has 1 rings (SSSR count). The number of esters is 1. The van der Waals surface area contributed by atoms with Crippen molar-refractivity contribution in [2.45, 2.75) is 31.9 Å². The van der Waals surface area contributed by atoms with Gasteiger partial charge < -0.3 is 9.30 Å². The highest BCUT2D eigenvalue weighted by molar-refractivity contribution is 5.87. The third kappa shape index (κ3) is 5.25. The van der Waals surface area contributed by atoms with Gasteiger partial charge in [0, 0.05) is 19.7 Å². The van der Waals surface area contributed by atoms with Gasteiger partial charge in [0.25, 0.3) is 0 Å². The molecule has 0 bridgehead atoms. The first-order chi connectivity index (χ1) is 8.40. The van der Waals surface area contributed by atoms with E-state index in [2.05, 4.69) is 0 Å². The van der Waals surface area contributed by atoms with Crippen molar-refractivity contribution >= 4 is 5.97 Å². The number of hydrogen-bond donors (Lipinski definition) is 0. The molecule has 0 aliphatic carbocycles. The van der Waals surface area contributed by atoms with E-state index in [1.807, 2.05) is 0 Å². The van der Waals surface area contributed by atoms with E-state index in [4.69, 9.17) is 4.74 Å². The standard InChI is InChI=1S/C12H16F3NO2/c1-16-8-5-6-10(16)11(17)18-9-4-2-3-7-12(13,14)15/h5-6,8H,2-4,7,9H2,1H3. The van der Waals surface area contributed by atoms with E-state index in [1.54, 1.807) is 29.9 Å². The largest absolute Gasteiger partial charge is 0.461 e. The quantitative estimate of drug-likeness (QED) is 0.582. The predicted octanol–water partition coefficient (Wildman–Crippen LogP) is 3.30. The summed E-state index contributed by atoms with van der Waals surface area (Å²) < 4.78 is 42.1. The van der Waals surface area contributed by atoms with Crippen LogP contribution in [0.3, 0.4) is 0 Å². The molecule has 0 atom stereocenters. The van der Waals surface area contributed by atoms with E-state index in [-0.39, 0.29) is 13.0 Å². The minimum atomic E-state index is -4.10. The molecule has 0 unspecified atom stereocenters. The molecule has 1 aromatic heterocycles. The monoisotopic (exact) mass is 263 g/mol. The third-order valence-corrected chi connectivity index (χ3v) is 2.49. The molecule has 3 nitrogen and oxygen atoms in total. The average Bonchev–Trinajstić information content (AvgIpc) is 2.68. The van der Waals surface area contributed by atoms with Gasteiger partial charge in [0.15, 0.2) is 0 Å². The zero-order valence-electron chi connectivity index (χ0n) is 10.2. The Bertz CT molecular complexity index is 385. The Balaban J connectivity index is 2.12. The van der Waals surface area contributed by atoms with Crippen molar-refractivity contribution in [3.05, 3.63) is 24.0 Å². The van der Waals surface area contributed by atoms with E-state index in [0.717, 1.165) is 0 Å². The van der Waals surface area contributed by atoms with Gasteiger partial charge >= 0.3 is 12.1 Å². The van der Waals surface area contributed by atoms with E-state index in [0.29, 0.717) is 18.5 Å². The van der Waals surface area contributed by atoms with E-state index < -0.39 is 18.6 Å². The Kier molecular flexibility index (Phi) is 5.25. The summed E-state index contributed by atoms with van der Waals surface area (Å²) >= 11 is 0.